The number of rotatable bonds is 3. The zero-order valence-electron chi connectivity index (χ0n) is 11.1. The third-order valence-electron chi connectivity index (χ3n) is 2.97. The SMILES string of the molecule is Cc1ccc(NS(=O)(=O)c2cc(Br)ccc2C)cc1N. The molecule has 0 saturated carbocycles. The van der Waals surface area contributed by atoms with Gasteiger partial charge in [-0.25, -0.2) is 8.42 Å². The molecule has 0 aliphatic carbocycles. The minimum atomic E-state index is -3.63. The Balaban J connectivity index is 2.40. The Morgan fingerprint density at radius 1 is 1.05 bits per heavy atom. The van der Waals surface area contributed by atoms with E-state index in [1.54, 1.807) is 43.3 Å². The first-order valence-electron chi connectivity index (χ1n) is 5.95. The molecule has 20 heavy (non-hydrogen) atoms. The maximum Gasteiger partial charge on any atom is 0.262 e. The molecule has 0 radical (unpaired) electrons. The summed E-state index contributed by atoms with van der Waals surface area (Å²) < 4.78 is 28.1. The van der Waals surface area contributed by atoms with E-state index in [0.717, 1.165) is 5.56 Å². The number of halogens is 1. The van der Waals surface area contributed by atoms with Gasteiger partial charge >= 0.3 is 0 Å². The first kappa shape index (κ1) is 14.9. The van der Waals surface area contributed by atoms with E-state index in [0.29, 0.717) is 21.4 Å². The molecule has 106 valence electrons. The van der Waals surface area contributed by atoms with Gasteiger partial charge in [-0.15, -0.1) is 0 Å². The van der Waals surface area contributed by atoms with Crippen molar-refractivity contribution in [2.24, 2.45) is 0 Å². The predicted octanol–water partition coefficient (Wildman–Crippen LogP) is 3.45. The van der Waals surface area contributed by atoms with E-state index in [1.165, 1.54) is 0 Å². The summed E-state index contributed by atoms with van der Waals surface area (Å²) in [5, 5.41) is 0. The zero-order valence-corrected chi connectivity index (χ0v) is 13.5. The van der Waals surface area contributed by atoms with Crippen LogP contribution >= 0.6 is 15.9 Å². The molecular weight excluding hydrogens is 340 g/mol. The van der Waals surface area contributed by atoms with Crippen molar-refractivity contribution >= 4 is 37.3 Å². The van der Waals surface area contributed by atoms with E-state index < -0.39 is 10.0 Å². The van der Waals surface area contributed by atoms with Crippen LogP contribution in [0.1, 0.15) is 11.1 Å². The van der Waals surface area contributed by atoms with Gasteiger partial charge in [0.25, 0.3) is 10.0 Å². The molecule has 0 atom stereocenters. The number of anilines is 2. The molecule has 0 unspecified atom stereocenters. The highest BCUT2D eigenvalue weighted by molar-refractivity contribution is 9.10. The molecule has 0 bridgehead atoms. The lowest BCUT2D eigenvalue weighted by Gasteiger charge is -2.12. The Morgan fingerprint density at radius 2 is 1.70 bits per heavy atom. The van der Waals surface area contributed by atoms with Crippen molar-refractivity contribution in [3.05, 3.63) is 52.0 Å². The maximum absolute atomic E-state index is 12.4. The van der Waals surface area contributed by atoms with E-state index >= 15 is 0 Å². The first-order chi connectivity index (χ1) is 9.29. The van der Waals surface area contributed by atoms with E-state index in [-0.39, 0.29) is 4.90 Å². The van der Waals surface area contributed by atoms with Crippen LogP contribution in [-0.4, -0.2) is 8.42 Å². The van der Waals surface area contributed by atoms with Crippen LogP contribution in [0.25, 0.3) is 0 Å². The summed E-state index contributed by atoms with van der Waals surface area (Å²) in [6, 6.07) is 10.2. The molecule has 0 saturated heterocycles. The molecule has 2 aromatic carbocycles. The summed E-state index contributed by atoms with van der Waals surface area (Å²) >= 11 is 3.28. The fraction of sp³-hybridized carbons (Fsp3) is 0.143. The van der Waals surface area contributed by atoms with Crippen LogP contribution in [0.15, 0.2) is 45.8 Å². The summed E-state index contributed by atoms with van der Waals surface area (Å²) in [4.78, 5) is 0.242. The molecule has 4 nitrogen and oxygen atoms in total. The average molecular weight is 355 g/mol. The summed E-state index contributed by atoms with van der Waals surface area (Å²) in [5.41, 5.74) is 8.38. The van der Waals surface area contributed by atoms with Crippen molar-refractivity contribution in [1.29, 1.82) is 0 Å². The quantitative estimate of drug-likeness (QED) is 0.829. The van der Waals surface area contributed by atoms with Gasteiger partial charge in [0.2, 0.25) is 0 Å². The number of hydrogen-bond acceptors (Lipinski definition) is 3. The summed E-state index contributed by atoms with van der Waals surface area (Å²) in [7, 11) is -3.63. The maximum atomic E-state index is 12.4. The van der Waals surface area contributed by atoms with Gasteiger partial charge < -0.3 is 5.73 Å². The lowest BCUT2D eigenvalue weighted by atomic mass is 10.2. The number of sulfonamides is 1. The Labute approximate surface area is 127 Å². The van der Waals surface area contributed by atoms with Crippen LogP contribution < -0.4 is 10.5 Å². The van der Waals surface area contributed by atoms with Crippen molar-refractivity contribution in [3.8, 4) is 0 Å². The van der Waals surface area contributed by atoms with Crippen LogP contribution in [-0.2, 0) is 10.0 Å². The molecule has 2 rings (SSSR count). The highest BCUT2D eigenvalue weighted by Crippen LogP contribution is 2.24. The average Bonchev–Trinajstić information content (AvgIpc) is 2.36. The largest absolute Gasteiger partial charge is 0.398 e. The van der Waals surface area contributed by atoms with Crippen molar-refractivity contribution in [2.45, 2.75) is 18.7 Å². The second-order valence-electron chi connectivity index (χ2n) is 4.59. The first-order valence-corrected chi connectivity index (χ1v) is 8.22. The second-order valence-corrected chi connectivity index (χ2v) is 7.15. The van der Waals surface area contributed by atoms with Gasteiger partial charge in [0, 0.05) is 10.2 Å². The number of nitrogen functional groups attached to an aromatic ring is 1. The second kappa shape index (κ2) is 5.46. The van der Waals surface area contributed by atoms with Crippen molar-refractivity contribution < 1.29 is 8.42 Å². The van der Waals surface area contributed by atoms with Crippen LogP contribution in [0.3, 0.4) is 0 Å². The number of benzene rings is 2. The molecule has 0 spiro atoms. The van der Waals surface area contributed by atoms with Gasteiger partial charge in [-0.3, -0.25) is 4.72 Å². The topological polar surface area (TPSA) is 72.2 Å². The lowest BCUT2D eigenvalue weighted by molar-refractivity contribution is 0.600. The van der Waals surface area contributed by atoms with E-state index in [2.05, 4.69) is 20.7 Å². The Hall–Kier alpha value is -1.53. The Bertz CT molecular complexity index is 758. The molecule has 2 aromatic rings. The van der Waals surface area contributed by atoms with Crippen LogP contribution in [0, 0.1) is 13.8 Å². The lowest BCUT2D eigenvalue weighted by Crippen LogP contribution is -2.14. The third-order valence-corrected chi connectivity index (χ3v) is 4.99. The van der Waals surface area contributed by atoms with Crippen molar-refractivity contribution in [2.75, 3.05) is 10.5 Å². The van der Waals surface area contributed by atoms with Gasteiger partial charge in [0.1, 0.15) is 0 Å². The number of nitrogens with one attached hydrogen (secondary N) is 1. The molecule has 6 heteroatoms. The van der Waals surface area contributed by atoms with Crippen LogP contribution in [0.5, 0.6) is 0 Å². The highest BCUT2D eigenvalue weighted by Gasteiger charge is 2.17. The minimum Gasteiger partial charge on any atom is -0.398 e. The molecule has 3 N–H and O–H groups in total. The van der Waals surface area contributed by atoms with E-state index in [9.17, 15) is 8.42 Å². The monoisotopic (exact) mass is 354 g/mol. The highest BCUT2D eigenvalue weighted by atomic mass is 79.9. The zero-order chi connectivity index (χ0) is 14.9. The summed E-state index contributed by atoms with van der Waals surface area (Å²) in [5.74, 6) is 0. The summed E-state index contributed by atoms with van der Waals surface area (Å²) in [6.07, 6.45) is 0. The van der Waals surface area contributed by atoms with Gasteiger partial charge in [-0.2, -0.15) is 0 Å². The summed E-state index contributed by atoms with van der Waals surface area (Å²) in [6.45, 7) is 3.62. The minimum absolute atomic E-state index is 0.242. The third kappa shape index (κ3) is 3.13. The standard InChI is InChI=1S/C14H15BrN2O2S/c1-9-4-6-12(8-13(9)16)17-20(18,19)14-7-11(15)5-3-10(14)2/h3-8,17H,16H2,1-2H3. The molecule has 0 heterocycles. The Kier molecular flexibility index (Phi) is 4.06. The fourth-order valence-corrected chi connectivity index (χ4v) is 3.61. The normalized spacial score (nSPS) is 11.3. The van der Waals surface area contributed by atoms with E-state index in [4.69, 9.17) is 5.73 Å². The van der Waals surface area contributed by atoms with Gasteiger partial charge in [-0.1, -0.05) is 28.1 Å². The van der Waals surface area contributed by atoms with Gasteiger partial charge in [0.15, 0.2) is 0 Å². The molecule has 0 fully saturated rings. The number of nitrogens with two attached hydrogens (primary N) is 1. The molecule has 0 amide bonds. The van der Waals surface area contributed by atoms with Crippen LogP contribution in [0.2, 0.25) is 0 Å². The molecule has 0 aliphatic heterocycles. The number of aryl methyl sites for hydroxylation is 2. The van der Waals surface area contributed by atoms with Crippen molar-refractivity contribution in [3.63, 3.8) is 0 Å². The predicted molar refractivity (Wildman–Crippen MR) is 85.3 cm³/mol. The van der Waals surface area contributed by atoms with Gasteiger partial charge in [0.05, 0.1) is 10.6 Å². The fourth-order valence-electron chi connectivity index (χ4n) is 1.78. The van der Waals surface area contributed by atoms with Gasteiger partial charge in [-0.05, 0) is 49.2 Å². The molecule has 0 aliphatic rings. The number of hydrogen-bond donors (Lipinski definition) is 2. The molecular formula is C14H15BrN2O2S. The van der Waals surface area contributed by atoms with Crippen LogP contribution in [0.4, 0.5) is 11.4 Å². The van der Waals surface area contributed by atoms with E-state index in [1.807, 2.05) is 6.92 Å². The van der Waals surface area contributed by atoms with Crippen molar-refractivity contribution in [1.82, 2.24) is 0 Å². The smallest absolute Gasteiger partial charge is 0.262 e. The molecule has 0 aromatic heterocycles. The Morgan fingerprint density at radius 3 is 2.35 bits per heavy atom.